The lowest BCUT2D eigenvalue weighted by Gasteiger charge is -2.36. The summed E-state index contributed by atoms with van der Waals surface area (Å²) in [5, 5.41) is 5.61. The Bertz CT molecular complexity index is 901. The minimum Gasteiger partial charge on any atom is -0.497 e. The first-order valence-electron chi connectivity index (χ1n) is 10.3. The standard InChI is InChI=1S/C23H30N4O4/c1-23(2,3)31-22(29)27-14-12-26(13-15-27)19-10-8-17(9-11-19)24-21(28)25-18-6-5-7-20(16-18)30-4/h5-11,16H,12-15H2,1-4H3,(H2,24,25,28). The van der Waals surface area contributed by atoms with Crippen molar-refractivity contribution in [2.75, 3.05) is 48.8 Å². The number of rotatable bonds is 4. The van der Waals surface area contributed by atoms with E-state index in [0.29, 0.717) is 30.2 Å². The molecular formula is C23H30N4O4. The van der Waals surface area contributed by atoms with Crippen molar-refractivity contribution in [3.8, 4) is 5.75 Å². The highest BCUT2D eigenvalue weighted by Gasteiger charge is 2.25. The summed E-state index contributed by atoms with van der Waals surface area (Å²) in [4.78, 5) is 28.4. The van der Waals surface area contributed by atoms with Gasteiger partial charge in [-0.15, -0.1) is 0 Å². The number of hydrogen-bond acceptors (Lipinski definition) is 5. The third-order valence-corrected chi connectivity index (χ3v) is 4.75. The Morgan fingerprint density at radius 1 is 0.903 bits per heavy atom. The molecule has 0 aromatic heterocycles. The van der Waals surface area contributed by atoms with Crippen molar-refractivity contribution >= 4 is 29.2 Å². The van der Waals surface area contributed by atoms with E-state index < -0.39 is 5.60 Å². The molecule has 3 rings (SSSR count). The molecule has 1 aliphatic heterocycles. The fourth-order valence-corrected chi connectivity index (χ4v) is 3.22. The third-order valence-electron chi connectivity index (χ3n) is 4.75. The van der Waals surface area contributed by atoms with Crippen LogP contribution < -0.4 is 20.3 Å². The normalized spacial score (nSPS) is 14.1. The highest BCUT2D eigenvalue weighted by molar-refractivity contribution is 5.99. The lowest BCUT2D eigenvalue weighted by molar-refractivity contribution is 0.0240. The van der Waals surface area contributed by atoms with Crippen LogP contribution in [0, 0.1) is 0 Å². The molecule has 0 unspecified atom stereocenters. The molecule has 2 N–H and O–H groups in total. The lowest BCUT2D eigenvalue weighted by atomic mass is 10.2. The molecule has 3 amide bonds. The highest BCUT2D eigenvalue weighted by atomic mass is 16.6. The van der Waals surface area contributed by atoms with Crippen LogP contribution in [-0.2, 0) is 4.74 Å². The summed E-state index contributed by atoms with van der Waals surface area (Å²) >= 11 is 0. The van der Waals surface area contributed by atoms with E-state index >= 15 is 0 Å². The van der Waals surface area contributed by atoms with Gasteiger partial charge in [-0.2, -0.15) is 0 Å². The van der Waals surface area contributed by atoms with Gasteiger partial charge in [0.25, 0.3) is 0 Å². The second-order valence-corrected chi connectivity index (χ2v) is 8.31. The van der Waals surface area contributed by atoms with Gasteiger partial charge in [0, 0.05) is 49.3 Å². The summed E-state index contributed by atoms with van der Waals surface area (Å²) in [5.74, 6) is 0.675. The number of nitrogens with one attached hydrogen (secondary N) is 2. The monoisotopic (exact) mass is 426 g/mol. The quantitative estimate of drug-likeness (QED) is 0.757. The van der Waals surface area contributed by atoms with Gasteiger partial charge in [0.1, 0.15) is 11.4 Å². The summed E-state index contributed by atoms with van der Waals surface area (Å²) in [7, 11) is 1.58. The Kier molecular flexibility index (Phi) is 6.89. The van der Waals surface area contributed by atoms with Gasteiger partial charge in [-0.3, -0.25) is 0 Å². The van der Waals surface area contributed by atoms with Crippen LogP contribution in [0.2, 0.25) is 0 Å². The number of piperazine rings is 1. The van der Waals surface area contributed by atoms with Gasteiger partial charge in [0.15, 0.2) is 0 Å². The largest absolute Gasteiger partial charge is 0.497 e. The van der Waals surface area contributed by atoms with E-state index in [-0.39, 0.29) is 12.1 Å². The summed E-state index contributed by atoms with van der Waals surface area (Å²) in [6, 6.07) is 14.5. The average Bonchev–Trinajstić information content (AvgIpc) is 2.73. The highest BCUT2D eigenvalue weighted by Crippen LogP contribution is 2.21. The van der Waals surface area contributed by atoms with Gasteiger partial charge in [-0.25, -0.2) is 9.59 Å². The summed E-state index contributed by atoms with van der Waals surface area (Å²) in [6.07, 6.45) is -0.270. The SMILES string of the molecule is COc1cccc(NC(=O)Nc2ccc(N3CCN(C(=O)OC(C)(C)C)CC3)cc2)c1. The van der Waals surface area contributed by atoms with Gasteiger partial charge in [0.05, 0.1) is 7.11 Å². The van der Waals surface area contributed by atoms with Crippen molar-refractivity contribution in [2.45, 2.75) is 26.4 Å². The molecule has 0 saturated carbocycles. The van der Waals surface area contributed by atoms with E-state index in [4.69, 9.17) is 9.47 Å². The van der Waals surface area contributed by atoms with Gasteiger partial charge < -0.3 is 29.9 Å². The van der Waals surface area contributed by atoms with Crippen LogP contribution in [0.4, 0.5) is 26.7 Å². The molecule has 1 heterocycles. The molecule has 2 aromatic carbocycles. The lowest BCUT2D eigenvalue weighted by Crippen LogP contribution is -2.50. The van der Waals surface area contributed by atoms with Crippen molar-refractivity contribution in [1.82, 2.24) is 4.90 Å². The number of nitrogens with zero attached hydrogens (tertiary/aromatic N) is 2. The zero-order valence-electron chi connectivity index (χ0n) is 18.5. The Hall–Kier alpha value is -3.42. The van der Waals surface area contributed by atoms with E-state index in [1.807, 2.05) is 57.2 Å². The maximum absolute atomic E-state index is 12.2. The number of ether oxygens (including phenoxy) is 2. The van der Waals surface area contributed by atoms with Crippen molar-refractivity contribution in [2.24, 2.45) is 0 Å². The van der Waals surface area contributed by atoms with Crippen LogP contribution in [0.15, 0.2) is 48.5 Å². The number of amides is 3. The minimum absolute atomic E-state index is 0.270. The van der Waals surface area contributed by atoms with Crippen LogP contribution in [0.5, 0.6) is 5.75 Å². The Morgan fingerprint density at radius 2 is 1.55 bits per heavy atom. The first kappa shape index (κ1) is 22.3. The molecule has 0 atom stereocenters. The van der Waals surface area contributed by atoms with E-state index in [1.165, 1.54) is 0 Å². The number of carbonyl (C=O) groups is 2. The molecular weight excluding hydrogens is 396 g/mol. The van der Waals surface area contributed by atoms with Crippen molar-refractivity contribution < 1.29 is 19.1 Å². The Labute approximate surface area is 183 Å². The molecule has 0 spiro atoms. The molecule has 1 fully saturated rings. The zero-order valence-corrected chi connectivity index (χ0v) is 18.5. The maximum atomic E-state index is 12.2. The molecule has 1 aliphatic rings. The van der Waals surface area contributed by atoms with E-state index in [0.717, 1.165) is 18.8 Å². The number of carbonyl (C=O) groups excluding carboxylic acids is 2. The van der Waals surface area contributed by atoms with Crippen LogP contribution in [0.3, 0.4) is 0 Å². The van der Waals surface area contributed by atoms with Crippen molar-refractivity contribution in [3.63, 3.8) is 0 Å². The first-order valence-corrected chi connectivity index (χ1v) is 10.3. The average molecular weight is 427 g/mol. The van der Waals surface area contributed by atoms with Crippen LogP contribution in [-0.4, -0.2) is 55.9 Å². The second-order valence-electron chi connectivity index (χ2n) is 8.31. The summed E-state index contributed by atoms with van der Waals surface area (Å²) in [6.45, 7) is 8.27. The number of anilines is 3. The second kappa shape index (κ2) is 9.59. The van der Waals surface area contributed by atoms with E-state index in [9.17, 15) is 9.59 Å². The van der Waals surface area contributed by atoms with Gasteiger partial charge >= 0.3 is 12.1 Å². The Morgan fingerprint density at radius 3 is 2.16 bits per heavy atom. The van der Waals surface area contributed by atoms with Crippen molar-refractivity contribution in [3.05, 3.63) is 48.5 Å². The van der Waals surface area contributed by atoms with Crippen LogP contribution in [0.25, 0.3) is 0 Å². The predicted octanol–water partition coefficient (Wildman–Crippen LogP) is 4.40. The Balaban J connectivity index is 1.50. The topological polar surface area (TPSA) is 83.1 Å². The first-order chi connectivity index (χ1) is 14.7. The number of methoxy groups -OCH3 is 1. The van der Waals surface area contributed by atoms with Crippen molar-refractivity contribution in [1.29, 1.82) is 0 Å². The van der Waals surface area contributed by atoms with Gasteiger partial charge in [0.2, 0.25) is 0 Å². The number of urea groups is 1. The predicted molar refractivity (Wildman–Crippen MR) is 122 cm³/mol. The molecule has 1 saturated heterocycles. The number of benzene rings is 2. The van der Waals surface area contributed by atoms with Gasteiger partial charge in [-0.05, 0) is 57.2 Å². The molecule has 8 heteroatoms. The molecule has 2 aromatic rings. The molecule has 0 bridgehead atoms. The third kappa shape index (κ3) is 6.53. The summed E-state index contributed by atoms with van der Waals surface area (Å²) < 4.78 is 10.6. The van der Waals surface area contributed by atoms with E-state index in [2.05, 4.69) is 15.5 Å². The van der Waals surface area contributed by atoms with Gasteiger partial charge in [-0.1, -0.05) is 6.07 Å². The van der Waals surface area contributed by atoms with Crippen LogP contribution in [0.1, 0.15) is 20.8 Å². The van der Waals surface area contributed by atoms with Crippen LogP contribution >= 0.6 is 0 Å². The molecule has 31 heavy (non-hydrogen) atoms. The maximum Gasteiger partial charge on any atom is 0.410 e. The smallest absolute Gasteiger partial charge is 0.410 e. The summed E-state index contributed by atoms with van der Waals surface area (Å²) in [5.41, 5.74) is 1.89. The molecule has 8 nitrogen and oxygen atoms in total. The molecule has 0 aliphatic carbocycles. The molecule has 0 radical (unpaired) electrons. The number of hydrogen-bond donors (Lipinski definition) is 2. The van der Waals surface area contributed by atoms with E-state index in [1.54, 1.807) is 24.1 Å². The minimum atomic E-state index is -0.490. The zero-order chi connectivity index (χ0) is 22.4. The fourth-order valence-electron chi connectivity index (χ4n) is 3.22. The fraction of sp³-hybridized carbons (Fsp3) is 0.391. The molecule has 166 valence electrons.